The normalized spacial score (nSPS) is 19.1. The van der Waals surface area contributed by atoms with Crippen molar-refractivity contribution in [3.8, 4) is 0 Å². The molecule has 9 heteroatoms. The van der Waals surface area contributed by atoms with Gasteiger partial charge in [0.2, 0.25) is 10.0 Å². The zero-order valence-electron chi connectivity index (χ0n) is 15.3. The predicted molar refractivity (Wildman–Crippen MR) is 101 cm³/mol. The molecule has 0 bridgehead atoms. The minimum Gasteiger partial charge on any atom is -0.447 e. The molecule has 0 unspecified atom stereocenters. The van der Waals surface area contributed by atoms with Gasteiger partial charge < -0.3 is 9.64 Å². The summed E-state index contributed by atoms with van der Waals surface area (Å²) in [6, 6.07) is 12.8. The number of ether oxygens (including phenoxy) is 1. The zero-order chi connectivity index (χ0) is 19.7. The number of carbonyl (C=O) groups is 2. The SMILES string of the molecule is O=C(C[NH+]1CCN(S(=O)(=O)c2ccc3ccccc3c2)CC1)N1CCOC1=O. The lowest BCUT2D eigenvalue weighted by Crippen LogP contribution is -3.15. The van der Waals surface area contributed by atoms with Gasteiger partial charge in [-0.2, -0.15) is 4.31 Å². The molecule has 2 aromatic rings. The number of amides is 2. The Morgan fingerprint density at radius 2 is 1.75 bits per heavy atom. The minimum absolute atomic E-state index is 0.166. The zero-order valence-corrected chi connectivity index (χ0v) is 16.2. The fourth-order valence-corrected chi connectivity index (χ4v) is 5.10. The number of sulfonamides is 1. The third-order valence-electron chi connectivity index (χ3n) is 5.25. The fourth-order valence-electron chi connectivity index (χ4n) is 3.63. The second-order valence-corrected chi connectivity index (χ2v) is 8.94. The second kappa shape index (κ2) is 7.50. The lowest BCUT2D eigenvalue weighted by atomic mass is 10.1. The van der Waals surface area contributed by atoms with E-state index in [2.05, 4.69) is 0 Å². The Labute approximate surface area is 163 Å². The van der Waals surface area contributed by atoms with Crippen LogP contribution in [0.1, 0.15) is 0 Å². The first kappa shape index (κ1) is 18.9. The highest BCUT2D eigenvalue weighted by atomic mass is 32.2. The van der Waals surface area contributed by atoms with Crippen molar-refractivity contribution >= 4 is 32.8 Å². The van der Waals surface area contributed by atoms with Crippen LogP contribution in [0.15, 0.2) is 47.4 Å². The molecule has 2 aliphatic rings. The maximum Gasteiger partial charge on any atom is 0.416 e. The average molecular weight is 404 g/mol. The van der Waals surface area contributed by atoms with Crippen LogP contribution in [0.3, 0.4) is 0 Å². The third kappa shape index (κ3) is 3.60. The van der Waals surface area contributed by atoms with E-state index in [0.29, 0.717) is 26.2 Å². The van der Waals surface area contributed by atoms with E-state index in [1.165, 1.54) is 4.31 Å². The van der Waals surface area contributed by atoms with E-state index in [9.17, 15) is 18.0 Å². The Bertz CT molecular complexity index is 1020. The van der Waals surface area contributed by atoms with Gasteiger partial charge in [0.25, 0.3) is 5.91 Å². The van der Waals surface area contributed by atoms with Gasteiger partial charge in [-0.1, -0.05) is 30.3 Å². The van der Waals surface area contributed by atoms with Gasteiger partial charge in [0.05, 0.1) is 37.6 Å². The molecule has 0 radical (unpaired) electrons. The van der Waals surface area contributed by atoms with E-state index < -0.39 is 16.1 Å². The molecule has 0 spiro atoms. The molecule has 2 amide bonds. The predicted octanol–water partition coefficient (Wildman–Crippen LogP) is -0.292. The summed E-state index contributed by atoms with van der Waals surface area (Å²) in [4.78, 5) is 26.1. The topological polar surface area (TPSA) is 88.4 Å². The molecule has 28 heavy (non-hydrogen) atoms. The molecule has 4 rings (SSSR count). The van der Waals surface area contributed by atoms with Crippen molar-refractivity contribution in [2.45, 2.75) is 4.90 Å². The first-order valence-electron chi connectivity index (χ1n) is 9.25. The molecule has 2 aromatic carbocycles. The molecule has 148 valence electrons. The van der Waals surface area contributed by atoms with Crippen molar-refractivity contribution in [3.05, 3.63) is 42.5 Å². The van der Waals surface area contributed by atoms with Gasteiger partial charge in [0.15, 0.2) is 6.54 Å². The van der Waals surface area contributed by atoms with Gasteiger partial charge in [0, 0.05) is 0 Å². The van der Waals surface area contributed by atoms with Gasteiger partial charge in [-0.15, -0.1) is 0 Å². The number of piperazine rings is 1. The monoisotopic (exact) mass is 404 g/mol. The number of cyclic esters (lactones) is 1. The van der Waals surface area contributed by atoms with E-state index in [1.807, 2.05) is 30.3 Å². The van der Waals surface area contributed by atoms with Crippen LogP contribution >= 0.6 is 0 Å². The molecule has 0 atom stereocenters. The summed E-state index contributed by atoms with van der Waals surface area (Å²) in [6.45, 7) is 2.39. The maximum atomic E-state index is 13.0. The van der Waals surface area contributed by atoms with Crippen molar-refractivity contribution in [1.29, 1.82) is 0 Å². The number of carbonyl (C=O) groups excluding carboxylic acids is 2. The number of benzene rings is 2. The number of nitrogens with zero attached hydrogens (tertiary/aromatic N) is 2. The van der Waals surface area contributed by atoms with Crippen molar-refractivity contribution in [3.63, 3.8) is 0 Å². The molecule has 0 aliphatic carbocycles. The van der Waals surface area contributed by atoms with Gasteiger partial charge in [0.1, 0.15) is 6.61 Å². The Morgan fingerprint density at radius 1 is 1.04 bits per heavy atom. The molecule has 0 aromatic heterocycles. The highest BCUT2D eigenvalue weighted by Gasteiger charge is 2.34. The summed E-state index contributed by atoms with van der Waals surface area (Å²) in [7, 11) is -3.58. The van der Waals surface area contributed by atoms with Crippen LogP contribution < -0.4 is 4.90 Å². The van der Waals surface area contributed by atoms with Crippen LogP contribution in [0.25, 0.3) is 10.8 Å². The number of hydrogen-bond acceptors (Lipinski definition) is 5. The molecule has 2 fully saturated rings. The quantitative estimate of drug-likeness (QED) is 0.757. The van der Waals surface area contributed by atoms with Crippen molar-refractivity contribution in [1.82, 2.24) is 9.21 Å². The molecule has 2 saturated heterocycles. The van der Waals surface area contributed by atoms with Crippen molar-refractivity contribution in [2.24, 2.45) is 0 Å². The summed E-state index contributed by atoms with van der Waals surface area (Å²) in [6.07, 6.45) is -0.595. The first-order chi connectivity index (χ1) is 13.4. The molecule has 0 saturated carbocycles. The number of hydrogen-bond donors (Lipinski definition) is 1. The van der Waals surface area contributed by atoms with Crippen molar-refractivity contribution < 1.29 is 27.6 Å². The smallest absolute Gasteiger partial charge is 0.416 e. The van der Waals surface area contributed by atoms with Crippen LogP contribution in [-0.2, 0) is 19.6 Å². The standard InChI is InChI=1S/C19H21N3O5S/c23-18(22-11-12-27-19(22)24)14-20-7-9-21(10-8-20)28(25,26)17-6-5-15-3-1-2-4-16(15)13-17/h1-6,13H,7-12,14H2/p+1. The highest BCUT2D eigenvalue weighted by Crippen LogP contribution is 2.21. The maximum absolute atomic E-state index is 13.0. The Hall–Kier alpha value is -2.49. The molecule has 2 heterocycles. The van der Waals surface area contributed by atoms with Crippen LogP contribution in [-0.4, -0.2) is 75.5 Å². The lowest BCUT2D eigenvalue weighted by Gasteiger charge is -2.31. The largest absolute Gasteiger partial charge is 0.447 e. The summed E-state index contributed by atoms with van der Waals surface area (Å²) < 4.78 is 32.2. The van der Waals surface area contributed by atoms with Gasteiger partial charge in [-0.05, 0) is 22.9 Å². The molecule has 2 aliphatic heterocycles. The summed E-state index contributed by atoms with van der Waals surface area (Å²) in [5.74, 6) is -0.275. The first-order valence-corrected chi connectivity index (χ1v) is 10.7. The second-order valence-electron chi connectivity index (χ2n) is 7.00. The van der Waals surface area contributed by atoms with E-state index in [4.69, 9.17) is 4.74 Å². The fraction of sp³-hybridized carbons (Fsp3) is 0.368. The van der Waals surface area contributed by atoms with Crippen LogP contribution in [0, 0.1) is 0 Å². The third-order valence-corrected chi connectivity index (χ3v) is 7.15. The molecular formula is C19H22N3O5S+. The molecular weight excluding hydrogens is 382 g/mol. The lowest BCUT2D eigenvalue weighted by molar-refractivity contribution is -0.895. The van der Waals surface area contributed by atoms with E-state index >= 15 is 0 Å². The van der Waals surface area contributed by atoms with E-state index in [0.717, 1.165) is 20.6 Å². The summed E-state index contributed by atoms with van der Waals surface area (Å²) in [5.41, 5.74) is 0. The molecule has 8 nitrogen and oxygen atoms in total. The van der Waals surface area contributed by atoms with Crippen LogP contribution in [0.4, 0.5) is 4.79 Å². The van der Waals surface area contributed by atoms with Crippen molar-refractivity contribution in [2.75, 3.05) is 45.9 Å². The number of rotatable bonds is 4. The van der Waals surface area contributed by atoms with Crippen LogP contribution in [0.5, 0.6) is 0 Å². The average Bonchev–Trinajstić information content (AvgIpc) is 3.14. The van der Waals surface area contributed by atoms with Crippen LogP contribution in [0.2, 0.25) is 0 Å². The summed E-state index contributed by atoms with van der Waals surface area (Å²) >= 11 is 0. The summed E-state index contributed by atoms with van der Waals surface area (Å²) in [5, 5.41) is 1.88. The number of fused-ring (bicyclic) bond motifs is 1. The van der Waals surface area contributed by atoms with Gasteiger partial charge in [-0.25, -0.2) is 18.1 Å². The van der Waals surface area contributed by atoms with Gasteiger partial charge >= 0.3 is 6.09 Å². The number of quaternary nitrogens is 1. The molecule has 1 N–H and O–H groups in total. The highest BCUT2D eigenvalue weighted by molar-refractivity contribution is 7.89. The van der Waals surface area contributed by atoms with Gasteiger partial charge in [-0.3, -0.25) is 4.79 Å². The Morgan fingerprint density at radius 3 is 2.43 bits per heavy atom. The minimum atomic E-state index is -3.58. The van der Waals surface area contributed by atoms with E-state index in [1.54, 1.807) is 12.1 Å². The Kier molecular flexibility index (Phi) is 5.05. The Balaban J connectivity index is 1.40. The number of imide groups is 1. The van der Waals surface area contributed by atoms with E-state index in [-0.39, 0.29) is 30.5 Å². The number of nitrogens with one attached hydrogen (secondary N) is 1.